The first-order valence-electron chi connectivity index (χ1n) is 6.93. The normalized spacial score (nSPS) is 10.2. The Balaban J connectivity index is 2.50. The van der Waals surface area contributed by atoms with Gasteiger partial charge in [-0.1, -0.05) is 11.6 Å². The highest BCUT2D eigenvalue weighted by Crippen LogP contribution is 2.39. The molecule has 128 valence electrons. The van der Waals surface area contributed by atoms with E-state index in [4.69, 9.17) is 21.1 Å². The Kier molecular flexibility index (Phi) is 5.59. The third kappa shape index (κ3) is 3.57. The SMILES string of the molecule is CCNc1ncnc(Nc2cc(Cl)c(OC)cc2OC)c1[N+](=O)[O-]. The van der Waals surface area contributed by atoms with Crippen molar-refractivity contribution in [3.05, 3.63) is 33.6 Å². The van der Waals surface area contributed by atoms with Crippen LogP contribution in [0, 0.1) is 10.1 Å². The van der Waals surface area contributed by atoms with Crippen molar-refractivity contribution in [2.75, 3.05) is 31.4 Å². The number of ether oxygens (including phenoxy) is 2. The highest BCUT2D eigenvalue weighted by atomic mass is 35.5. The lowest BCUT2D eigenvalue weighted by Gasteiger charge is -2.14. The molecule has 0 saturated heterocycles. The second-order valence-corrected chi connectivity index (χ2v) is 4.93. The summed E-state index contributed by atoms with van der Waals surface area (Å²) in [6.07, 6.45) is 1.23. The minimum Gasteiger partial charge on any atom is -0.495 e. The van der Waals surface area contributed by atoms with Crippen molar-refractivity contribution in [2.45, 2.75) is 6.92 Å². The molecule has 0 atom stereocenters. The summed E-state index contributed by atoms with van der Waals surface area (Å²) in [4.78, 5) is 18.7. The standard InChI is InChI=1S/C14H16ClN5O4/c1-4-16-13-12(20(21)22)14(18-7-17-13)19-9-5-8(15)10(23-2)6-11(9)24-3/h5-7H,4H2,1-3H3,(H2,16,17,18,19). The Morgan fingerprint density at radius 3 is 2.46 bits per heavy atom. The molecule has 0 bridgehead atoms. The monoisotopic (exact) mass is 353 g/mol. The summed E-state index contributed by atoms with van der Waals surface area (Å²) in [6, 6.07) is 3.11. The van der Waals surface area contributed by atoms with E-state index in [-0.39, 0.29) is 17.3 Å². The number of aromatic nitrogens is 2. The first-order valence-corrected chi connectivity index (χ1v) is 7.31. The van der Waals surface area contributed by atoms with Crippen molar-refractivity contribution >= 4 is 34.6 Å². The summed E-state index contributed by atoms with van der Waals surface area (Å²) in [6.45, 7) is 2.29. The van der Waals surface area contributed by atoms with Crippen LogP contribution in [0.15, 0.2) is 18.5 Å². The molecule has 0 amide bonds. The summed E-state index contributed by atoms with van der Waals surface area (Å²) < 4.78 is 10.4. The van der Waals surface area contributed by atoms with E-state index in [1.165, 1.54) is 26.6 Å². The van der Waals surface area contributed by atoms with Crippen LogP contribution >= 0.6 is 11.6 Å². The van der Waals surface area contributed by atoms with Gasteiger partial charge in [-0.25, -0.2) is 9.97 Å². The van der Waals surface area contributed by atoms with Crippen LogP contribution in [0.3, 0.4) is 0 Å². The number of hydrogen-bond donors (Lipinski definition) is 2. The van der Waals surface area contributed by atoms with Crippen LogP contribution in [0.5, 0.6) is 11.5 Å². The maximum Gasteiger partial charge on any atom is 0.353 e. The van der Waals surface area contributed by atoms with Gasteiger partial charge in [0.1, 0.15) is 17.8 Å². The maximum absolute atomic E-state index is 11.4. The molecular weight excluding hydrogens is 338 g/mol. The molecule has 2 rings (SSSR count). The molecule has 0 unspecified atom stereocenters. The Morgan fingerprint density at radius 2 is 1.88 bits per heavy atom. The number of nitro groups is 1. The van der Waals surface area contributed by atoms with Crippen molar-refractivity contribution in [3.63, 3.8) is 0 Å². The second kappa shape index (κ2) is 7.64. The van der Waals surface area contributed by atoms with Crippen LogP contribution in [-0.4, -0.2) is 35.7 Å². The lowest BCUT2D eigenvalue weighted by Crippen LogP contribution is -2.08. The predicted octanol–water partition coefficient (Wildman–Crippen LogP) is 3.23. The number of methoxy groups -OCH3 is 2. The smallest absolute Gasteiger partial charge is 0.353 e. The fraction of sp³-hybridized carbons (Fsp3) is 0.286. The second-order valence-electron chi connectivity index (χ2n) is 4.52. The van der Waals surface area contributed by atoms with Crippen molar-refractivity contribution in [3.8, 4) is 11.5 Å². The zero-order chi connectivity index (χ0) is 17.7. The molecule has 1 aromatic heterocycles. The van der Waals surface area contributed by atoms with Crippen LogP contribution in [0.1, 0.15) is 6.92 Å². The maximum atomic E-state index is 11.4. The third-order valence-electron chi connectivity index (χ3n) is 3.08. The molecule has 9 nitrogen and oxygen atoms in total. The van der Waals surface area contributed by atoms with E-state index >= 15 is 0 Å². The Morgan fingerprint density at radius 1 is 1.21 bits per heavy atom. The van der Waals surface area contributed by atoms with Crippen LogP contribution in [-0.2, 0) is 0 Å². The molecule has 0 radical (unpaired) electrons. The molecule has 10 heteroatoms. The number of benzene rings is 1. The number of halogens is 1. The van der Waals surface area contributed by atoms with Gasteiger partial charge in [0.25, 0.3) is 0 Å². The van der Waals surface area contributed by atoms with Gasteiger partial charge in [0.15, 0.2) is 0 Å². The topological polar surface area (TPSA) is 111 Å². The molecule has 0 fully saturated rings. The lowest BCUT2D eigenvalue weighted by molar-refractivity contribution is -0.383. The van der Waals surface area contributed by atoms with E-state index in [0.717, 1.165) is 0 Å². The van der Waals surface area contributed by atoms with Gasteiger partial charge < -0.3 is 20.1 Å². The summed E-state index contributed by atoms with van der Waals surface area (Å²) in [5, 5.41) is 17.4. The highest BCUT2D eigenvalue weighted by Gasteiger charge is 2.24. The first kappa shape index (κ1) is 17.5. The van der Waals surface area contributed by atoms with Crippen molar-refractivity contribution < 1.29 is 14.4 Å². The van der Waals surface area contributed by atoms with Crippen molar-refractivity contribution in [2.24, 2.45) is 0 Å². The molecular formula is C14H16ClN5O4. The minimum absolute atomic E-state index is 0.0190. The number of nitrogens with one attached hydrogen (secondary N) is 2. The molecule has 0 saturated carbocycles. The Labute approximate surface area is 143 Å². The zero-order valence-electron chi connectivity index (χ0n) is 13.3. The van der Waals surface area contributed by atoms with E-state index in [1.54, 1.807) is 6.07 Å². The fourth-order valence-electron chi connectivity index (χ4n) is 2.03. The Hall–Kier alpha value is -2.81. The fourth-order valence-corrected chi connectivity index (χ4v) is 2.27. The van der Waals surface area contributed by atoms with E-state index < -0.39 is 4.92 Å². The molecule has 0 aliphatic heterocycles. The van der Waals surface area contributed by atoms with Crippen molar-refractivity contribution in [1.82, 2.24) is 9.97 Å². The van der Waals surface area contributed by atoms with E-state index in [2.05, 4.69) is 20.6 Å². The molecule has 24 heavy (non-hydrogen) atoms. The number of hydrogen-bond acceptors (Lipinski definition) is 8. The van der Waals surface area contributed by atoms with E-state index in [9.17, 15) is 10.1 Å². The largest absolute Gasteiger partial charge is 0.495 e. The number of anilines is 3. The number of rotatable bonds is 7. The molecule has 1 heterocycles. The summed E-state index contributed by atoms with van der Waals surface area (Å²) in [5.41, 5.74) is 0.140. The first-order chi connectivity index (χ1) is 11.5. The average molecular weight is 354 g/mol. The lowest BCUT2D eigenvalue weighted by atomic mass is 10.2. The van der Waals surface area contributed by atoms with Crippen molar-refractivity contribution in [1.29, 1.82) is 0 Å². The van der Waals surface area contributed by atoms with E-state index in [0.29, 0.717) is 28.8 Å². The molecule has 2 N–H and O–H groups in total. The van der Waals surface area contributed by atoms with Gasteiger partial charge >= 0.3 is 5.69 Å². The summed E-state index contributed by atoms with van der Waals surface area (Å²) in [5.74, 6) is 0.961. The van der Waals surface area contributed by atoms with Gasteiger partial charge in [-0.3, -0.25) is 10.1 Å². The molecule has 0 aliphatic rings. The predicted molar refractivity (Wildman–Crippen MR) is 90.7 cm³/mol. The number of nitrogens with zero attached hydrogens (tertiary/aromatic N) is 3. The minimum atomic E-state index is -0.558. The van der Waals surface area contributed by atoms with Gasteiger partial charge in [-0.15, -0.1) is 0 Å². The van der Waals surface area contributed by atoms with E-state index in [1.807, 2.05) is 6.92 Å². The van der Waals surface area contributed by atoms with Crippen LogP contribution in [0.4, 0.5) is 23.0 Å². The Bertz CT molecular complexity index is 756. The van der Waals surface area contributed by atoms with Gasteiger partial charge in [-0.05, 0) is 13.0 Å². The highest BCUT2D eigenvalue weighted by molar-refractivity contribution is 6.32. The molecule has 2 aromatic rings. The summed E-state index contributed by atoms with van der Waals surface area (Å²) >= 11 is 6.11. The molecule has 1 aromatic carbocycles. The van der Waals surface area contributed by atoms with Crippen LogP contribution in [0.2, 0.25) is 5.02 Å². The summed E-state index contributed by atoms with van der Waals surface area (Å²) in [7, 11) is 2.94. The van der Waals surface area contributed by atoms with Crippen LogP contribution in [0.25, 0.3) is 0 Å². The van der Waals surface area contributed by atoms with Gasteiger partial charge in [-0.2, -0.15) is 0 Å². The molecule has 0 spiro atoms. The average Bonchev–Trinajstić information content (AvgIpc) is 2.55. The van der Waals surface area contributed by atoms with Gasteiger partial charge in [0.05, 0.1) is 29.9 Å². The zero-order valence-corrected chi connectivity index (χ0v) is 14.0. The van der Waals surface area contributed by atoms with Gasteiger partial charge in [0.2, 0.25) is 11.6 Å². The molecule has 0 aliphatic carbocycles. The van der Waals surface area contributed by atoms with Gasteiger partial charge in [0, 0.05) is 12.6 Å². The van der Waals surface area contributed by atoms with Crippen LogP contribution < -0.4 is 20.1 Å². The third-order valence-corrected chi connectivity index (χ3v) is 3.37. The quantitative estimate of drug-likeness (QED) is 0.576.